The van der Waals surface area contributed by atoms with Crippen LogP contribution in [0.1, 0.15) is 36.2 Å². The van der Waals surface area contributed by atoms with Gasteiger partial charge in [-0.05, 0) is 37.6 Å². The number of nitrogens with zero attached hydrogens (tertiary/aromatic N) is 2. The summed E-state index contributed by atoms with van der Waals surface area (Å²) in [5.74, 6) is -0.729. The van der Waals surface area contributed by atoms with Crippen molar-refractivity contribution in [3.8, 4) is 5.75 Å². The highest BCUT2D eigenvalue weighted by molar-refractivity contribution is 6.01. The van der Waals surface area contributed by atoms with Crippen LogP contribution >= 0.6 is 0 Å². The van der Waals surface area contributed by atoms with Crippen LogP contribution in [-0.2, 0) is 25.7 Å². The summed E-state index contributed by atoms with van der Waals surface area (Å²) in [6, 6.07) is 14.2. The SMILES string of the molecule is CCOC(=O)CN(Cc1ccccc1)C(=O)CCN1C(=O)COc2ccc(C(C)=O)cc21. The summed E-state index contributed by atoms with van der Waals surface area (Å²) in [6.07, 6.45) is 0.00170. The Hall–Kier alpha value is -3.68. The molecule has 2 amide bonds. The fraction of sp³-hybridized carbons (Fsp3) is 0.333. The number of ketones is 1. The first kappa shape index (κ1) is 23.0. The summed E-state index contributed by atoms with van der Waals surface area (Å²) in [5, 5.41) is 0. The van der Waals surface area contributed by atoms with E-state index in [2.05, 4.69) is 0 Å². The summed E-state index contributed by atoms with van der Waals surface area (Å²) in [7, 11) is 0. The number of fused-ring (bicyclic) bond motifs is 1. The molecule has 0 saturated carbocycles. The maximum atomic E-state index is 13.0. The topological polar surface area (TPSA) is 93.2 Å². The molecule has 0 saturated heterocycles. The molecule has 2 aromatic carbocycles. The number of carbonyl (C=O) groups excluding carboxylic acids is 4. The van der Waals surface area contributed by atoms with E-state index in [9.17, 15) is 19.2 Å². The number of carbonyl (C=O) groups is 4. The van der Waals surface area contributed by atoms with E-state index < -0.39 is 5.97 Å². The molecular weight excluding hydrogens is 412 g/mol. The molecule has 168 valence electrons. The molecule has 0 unspecified atom stereocenters. The summed E-state index contributed by atoms with van der Waals surface area (Å²) in [4.78, 5) is 52.2. The van der Waals surface area contributed by atoms with Gasteiger partial charge in [0.25, 0.3) is 5.91 Å². The molecule has 0 fully saturated rings. The number of hydrogen-bond donors (Lipinski definition) is 0. The van der Waals surface area contributed by atoms with Gasteiger partial charge in [-0.2, -0.15) is 0 Å². The number of amides is 2. The number of rotatable bonds is 9. The van der Waals surface area contributed by atoms with Gasteiger partial charge in [-0.3, -0.25) is 19.2 Å². The Morgan fingerprint density at radius 3 is 2.56 bits per heavy atom. The molecule has 8 nitrogen and oxygen atoms in total. The molecule has 3 rings (SSSR count). The van der Waals surface area contributed by atoms with Crippen LogP contribution in [0, 0.1) is 0 Å². The number of benzene rings is 2. The molecule has 1 aliphatic rings. The highest BCUT2D eigenvalue weighted by Crippen LogP contribution is 2.33. The van der Waals surface area contributed by atoms with Crippen molar-refractivity contribution >= 4 is 29.3 Å². The molecule has 2 aromatic rings. The van der Waals surface area contributed by atoms with Crippen molar-refractivity contribution < 1.29 is 28.7 Å². The van der Waals surface area contributed by atoms with Crippen LogP contribution in [0.5, 0.6) is 5.75 Å². The Kier molecular flexibility index (Phi) is 7.59. The van der Waals surface area contributed by atoms with Crippen LogP contribution in [0.3, 0.4) is 0 Å². The van der Waals surface area contributed by atoms with Crippen LogP contribution in [0.25, 0.3) is 0 Å². The molecule has 8 heteroatoms. The molecule has 0 atom stereocenters. The van der Waals surface area contributed by atoms with Crippen LogP contribution in [0.15, 0.2) is 48.5 Å². The quantitative estimate of drug-likeness (QED) is 0.441. The van der Waals surface area contributed by atoms with Gasteiger partial charge in [-0.1, -0.05) is 30.3 Å². The molecule has 0 N–H and O–H groups in total. The smallest absolute Gasteiger partial charge is 0.325 e. The van der Waals surface area contributed by atoms with Gasteiger partial charge < -0.3 is 19.3 Å². The maximum absolute atomic E-state index is 13.0. The number of hydrogen-bond acceptors (Lipinski definition) is 6. The fourth-order valence-corrected chi connectivity index (χ4v) is 3.43. The molecular formula is C24H26N2O6. The minimum absolute atomic E-state index is 0.00170. The molecule has 0 aliphatic carbocycles. The lowest BCUT2D eigenvalue weighted by molar-refractivity contribution is -0.149. The largest absolute Gasteiger partial charge is 0.482 e. The van der Waals surface area contributed by atoms with Gasteiger partial charge in [-0.15, -0.1) is 0 Å². The number of Topliss-reactive ketones (excluding diaryl/α,β-unsaturated/α-hetero) is 1. The Morgan fingerprint density at radius 2 is 1.88 bits per heavy atom. The van der Waals surface area contributed by atoms with Gasteiger partial charge in [-0.25, -0.2) is 0 Å². The average molecular weight is 438 g/mol. The second-order valence-corrected chi connectivity index (χ2v) is 7.36. The van der Waals surface area contributed by atoms with Crippen LogP contribution < -0.4 is 9.64 Å². The van der Waals surface area contributed by atoms with E-state index in [1.165, 1.54) is 16.7 Å². The normalized spacial score (nSPS) is 12.6. The fourth-order valence-electron chi connectivity index (χ4n) is 3.43. The standard InChI is InChI=1S/C24H26N2O6/c1-3-31-24(30)15-25(14-18-7-5-4-6-8-18)22(28)11-12-26-20-13-19(17(2)27)9-10-21(20)32-16-23(26)29/h4-10,13H,3,11-12,14-16H2,1-2H3. The van der Waals surface area contributed by atoms with Gasteiger partial charge in [0, 0.05) is 25.1 Å². The summed E-state index contributed by atoms with van der Waals surface area (Å²) in [5.41, 5.74) is 1.79. The van der Waals surface area contributed by atoms with Crippen molar-refractivity contribution in [2.24, 2.45) is 0 Å². The summed E-state index contributed by atoms with van der Waals surface area (Å²) >= 11 is 0. The monoisotopic (exact) mass is 438 g/mol. The van der Waals surface area contributed by atoms with Gasteiger partial charge in [0.1, 0.15) is 12.3 Å². The van der Waals surface area contributed by atoms with Gasteiger partial charge in [0.2, 0.25) is 5.91 Å². The zero-order valence-corrected chi connectivity index (χ0v) is 18.2. The van der Waals surface area contributed by atoms with E-state index in [1.807, 2.05) is 30.3 Å². The van der Waals surface area contributed by atoms with Crippen LogP contribution in [-0.4, -0.2) is 54.8 Å². The first-order chi connectivity index (χ1) is 15.4. The molecule has 1 heterocycles. The number of anilines is 1. The Labute approximate surface area is 186 Å². The molecule has 0 aromatic heterocycles. The Balaban J connectivity index is 1.75. The third-order valence-corrected chi connectivity index (χ3v) is 5.05. The summed E-state index contributed by atoms with van der Waals surface area (Å²) in [6.45, 7) is 3.41. The van der Waals surface area contributed by atoms with E-state index in [0.717, 1.165) is 5.56 Å². The van der Waals surface area contributed by atoms with Crippen molar-refractivity contribution in [1.82, 2.24) is 4.90 Å². The predicted octanol–water partition coefficient (Wildman–Crippen LogP) is 2.60. The number of esters is 1. The van der Waals surface area contributed by atoms with Crippen molar-refractivity contribution in [3.63, 3.8) is 0 Å². The minimum atomic E-state index is -0.490. The minimum Gasteiger partial charge on any atom is -0.482 e. The molecule has 0 radical (unpaired) electrons. The second-order valence-electron chi connectivity index (χ2n) is 7.36. The average Bonchev–Trinajstić information content (AvgIpc) is 2.78. The van der Waals surface area contributed by atoms with Crippen LogP contribution in [0.4, 0.5) is 5.69 Å². The number of ether oxygens (including phenoxy) is 2. The zero-order valence-electron chi connectivity index (χ0n) is 18.2. The molecule has 32 heavy (non-hydrogen) atoms. The Morgan fingerprint density at radius 1 is 1.12 bits per heavy atom. The van der Waals surface area contributed by atoms with Crippen LogP contribution in [0.2, 0.25) is 0 Å². The molecule has 1 aliphatic heterocycles. The molecule has 0 spiro atoms. The van der Waals surface area contributed by atoms with E-state index in [-0.39, 0.29) is 56.9 Å². The zero-order chi connectivity index (χ0) is 23.1. The lowest BCUT2D eigenvalue weighted by atomic mass is 10.1. The third-order valence-electron chi connectivity index (χ3n) is 5.05. The third kappa shape index (κ3) is 5.72. The van der Waals surface area contributed by atoms with Gasteiger partial charge in [0.05, 0.1) is 12.3 Å². The predicted molar refractivity (Wildman–Crippen MR) is 117 cm³/mol. The first-order valence-corrected chi connectivity index (χ1v) is 10.4. The second kappa shape index (κ2) is 10.6. The first-order valence-electron chi connectivity index (χ1n) is 10.4. The highest BCUT2D eigenvalue weighted by Gasteiger charge is 2.28. The van der Waals surface area contributed by atoms with Crippen molar-refractivity contribution in [2.45, 2.75) is 26.8 Å². The highest BCUT2D eigenvalue weighted by atomic mass is 16.5. The lowest BCUT2D eigenvalue weighted by Gasteiger charge is -2.30. The summed E-state index contributed by atoms with van der Waals surface area (Å²) < 4.78 is 10.5. The van der Waals surface area contributed by atoms with Crippen molar-refractivity contribution in [3.05, 3.63) is 59.7 Å². The Bertz CT molecular complexity index is 1000. The lowest BCUT2D eigenvalue weighted by Crippen LogP contribution is -2.42. The van der Waals surface area contributed by atoms with E-state index in [0.29, 0.717) is 17.0 Å². The van der Waals surface area contributed by atoms with Gasteiger partial charge >= 0.3 is 5.97 Å². The molecule has 0 bridgehead atoms. The van der Waals surface area contributed by atoms with Crippen molar-refractivity contribution in [1.29, 1.82) is 0 Å². The van der Waals surface area contributed by atoms with E-state index >= 15 is 0 Å². The van der Waals surface area contributed by atoms with Crippen molar-refractivity contribution in [2.75, 3.05) is 31.2 Å². The van der Waals surface area contributed by atoms with E-state index in [1.54, 1.807) is 25.1 Å². The maximum Gasteiger partial charge on any atom is 0.325 e. The van der Waals surface area contributed by atoms with E-state index in [4.69, 9.17) is 9.47 Å². The van der Waals surface area contributed by atoms with Gasteiger partial charge in [0.15, 0.2) is 12.4 Å².